The number of allylic oxidation sites excluding steroid dienone is 1. The van der Waals surface area contributed by atoms with Crippen molar-refractivity contribution in [3.05, 3.63) is 12.2 Å². The van der Waals surface area contributed by atoms with Crippen LogP contribution in [0.2, 0.25) is 0 Å². The number of hydrogen-bond acceptors (Lipinski definition) is 10. The summed E-state index contributed by atoms with van der Waals surface area (Å²) < 4.78 is 16.7. The van der Waals surface area contributed by atoms with Crippen molar-refractivity contribution in [1.29, 1.82) is 0 Å². The van der Waals surface area contributed by atoms with Crippen LogP contribution in [0.5, 0.6) is 0 Å². The van der Waals surface area contributed by atoms with E-state index < -0.39 is 49.5 Å². The number of rotatable bonds is 51. The SMILES string of the molecule is CCCCCCCCC/C=C/C(O)C(COC1OC(CO)C(O)C(O)C1O)NC(=O)CCCCCCCCCCCCCCCCCCCOC(=O)CCCCCCCCCCCCCCCCC. The molecule has 6 N–H and O–H groups in total. The van der Waals surface area contributed by atoms with Gasteiger partial charge in [0.1, 0.15) is 24.4 Å². The number of carbonyl (C=O) groups is 2. The highest BCUT2D eigenvalue weighted by atomic mass is 16.7. The first-order valence-corrected chi connectivity index (χ1v) is 29.5. The molecule has 7 unspecified atom stereocenters. The third-order valence-electron chi connectivity index (χ3n) is 14.2. The third-order valence-corrected chi connectivity index (χ3v) is 14.2. The molecule has 0 saturated carbocycles. The van der Waals surface area contributed by atoms with Crippen molar-refractivity contribution in [3.63, 3.8) is 0 Å². The van der Waals surface area contributed by atoms with Crippen LogP contribution in [0.15, 0.2) is 12.2 Å². The Kier molecular flexibility index (Phi) is 46.1. The second-order valence-corrected chi connectivity index (χ2v) is 20.7. The average Bonchev–Trinajstić information content (AvgIpc) is 3.34. The first-order valence-electron chi connectivity index (χ1n) is 29.5. The summed E-state index contributed by atoms with van der Waals surface area (Å²) >= 11 is 0. The van der Waals surface area contributed by atoms with Crippen molar-refractivity contribution < 1.29 is 49.3 Å². The number of aliphatic hydroxyl groups excluding tert-OH is 5. The molecule has 0 bridgehead atoms. The van der Waals surface area contributed by atoms with Gasteiger partial charge in [-0.2, -0.15) is 0 Å². The number of esters is 1. The Bertz CT molecular complexity index is 1160. The van der Waals surface area contributed by atoms with E-state index in [1.165, 1.54) is 193 Å². The Labute approximate surface area is 423 Å². The normalized spacial score (nSPS) is 19.3. The molecule has 0 aliphatic carbocycles. The largest absolute Gasteiger partial charge is 0.466 e. The highest BCUT2D eigenvalue weighted by Gasteiger charge is 2.44. The highest BCUT2D eigenvalue weighted by molar-refractivity contribution is 5.76. The van der Waals surface area contributed by atoms with Crippen LogP contribution in [-0.2, 0) is 23.8 Å². The van der Waals surface area contributed by atoms with Gasteiger partial charge in [0.15, 0.2) is 6.29 Å². The van der Waals surface area contributed by atoms with E-state index in [1.54, 1.807) is 6.08 Å². The van der Waals surface area contributed by atoms with E-state index in [0.717, 1.165) is 64.2 Å². The van der Waals surface area contributed by atoms with Crippen molar-refractivity contribution in [2.75, 3.05) is 19.8 Å². The minimum absolute atomic E-state index is 0.00833. The van der Waals surface area contributed by atoms with Crippen molar-refractivity contribution >= 4 is 11.9 Å². The number of hydrogen-bond donors (Lipinski definition) is 6. The molecule has 7 atom stereocenters. The van der Waals surface area contributed by atoms with Crippen LogP contribution in [-0.4, -0.2) is 100 Å². The van der Waals surface area contributed by atoms with E-state index in [-0.39, 0.29) is 18.5 Å². The van der Waals surface area contributed by atoms with Gasteiger partial charge in [-0.3, -0.25) is 9.59 Å². The predicted molar refractivity (Wildman–Crippen MR) is 283 cm³/mol. The van der Waals surface area contributed by atoms with Gasteiger partial charge in [0.2, 0.25) is 5.91 Å². The minimum atomic E-state index is -1.57. The maximum absolute atomic E-state index is 13.0. The van der Waals surface area contributed by atoms with Crippen LogP contribution in [0.4, 0.5) is 0 Å². The van der Waals surface area contributed by atoms with Gasteiger partial charge < -0.3 is 45.1 Å². The summed E-state index contributed by atoms with van der Waals surface area (Å²) in [5.74, 6) is -0.196. The lowest BCUT2D eigenvalue weighted by Crippen LogP contribution is -2.60. The summed E-state index contributed by atoms with van der Waals surface area (Å²) in [6.07, 6.45) is 46.0. The van der Waals surface area contributed by atoms with Crippen LogP contribution in [0, 0.1) is 0 Å². The predicted octanol–water partition coefficient (Wildman–Crippen LogP) is 13.2. The van der Waals surface area contributed by atoms with Crippen molar-refractivity contribution in [2.45, 2.75) is 326 Å². The number of carbonyl (C=O) groups excluding carboxylic acids is 2. The monoisotopic (exact) mass is 982 g/mol. The van der Waals surface area contributed by atoms with E-state index in [1.807, 2.05) is 6.08 Å². The van der Waals surface area contributed by atoms with Gasteiger partial charge in [0.05, 0.1) is 32.0 Å². The summed E-state index contributed by atoms with van der Waals surface area (Å²) in [6.45, 7) is 4.31. The Morgan fingerprint density at radius 1 is 0.522 bits per heavy atom. The highest BCUT2D eigenvalue weighted by Crippen LogP contribution is 2.23. The zero-order chi connectivity index (χ0) is 50.3. The molecule has 0 spiro atoms. The second-order valence-electron chi connectivity index (χ2n) is 20.7. The molecular weight excluding hydrogens is 871 g/mol. The fourth-order valence-electron chi connectivity index (χ4n) is 9.44. The molecule has 1 amide bonds. The van der Waals surface area contributed by atoms with E-state index in [2.05, 4.69) is 19.2 Å². The summed E-state index contributed by atoms with van der Waals surface area (Å²) in [5, 5.41) is 54.2. The molecule has 11 nitrogen and oxygen atoms in total. The molecule has 1 saturated heterocycles. The summed E-state index contributed by atoms with van der Waals surface area (Å²) in [4.78, 5) is 25.1. The molecule has 0 aromatic heterocycles. The van der Waals surface area contributed by atoms with Gasteiger partial charge in [0, 0.05) is 12.8 Å². The number of aliphatic hydroxyl groups is 5. The van der Waals surface area contributed by atoms with Crippen LogP contribution >= 0.6 is 0 Å². The Morgan fingerprint density at radius 3 is 1.35 bits per heavy atom. The molecule has 1 heterocycles. The minimum Gasteiger partial charge on any atom is -0.466 e. The summed E-state index contributed by atoms with van der Waals surface area (Å²) in [6, 6.07) is -0.811. The maximum Gasteiger partial charge on any atom is 0.305 e. The lowest BCUT2D eigenvalue weighted by molar-refractivity contribution is -0.302. The fourth-order valence-corrected chi connectivity index (χ4v) is 9.44. The Balaban J connectivity index is 2.02. The molecule has 11 heteroatoms. The van der Waals surface area contributed by atoms with Crippen molar-refractivity contribution in [3.8, 4) is 0 Å². The number of unbranched alkanes of at least 4 members (excludes halogenated alkanes) is 37. The first-order chi connectivity index (χ1) is 33.7. The van der Waals surface area contributed by atoms with Crippen LogP contribution in [0.3, 0.4) is 0 Å². The number of nitrogens with one attached hydrogen (secondary N) is 1. The molecule has 1 aliphatic rings. The van der Waals surface area contributed by atoms with Crippen molar-refractivity contribution in [1.82, 2.24) is 5.32 Å². The van der Waals surface area contributed by atoms with Crippen LogP contribution < -0.4 is 5.32 Å². The van der Waals surface area contributed by atoms with E-state index in [4.69, 9.17) is 14.2 Å². The molecule has 408 valence electrons. The van der Waals surface area contributed by atoms with Gasteiger partial charge >= 0.3 is 5.97 Å². The summed E-state index contributed by atoms with van der Waals surface area (Å²) in [7, 11) is 0. The van der Waals surface area contributed by atoms with Gasteiger partial charge in [-0.15, -0.1) is 0 Å². The topological polar surface area (TPSA) is 175 Å². The zero-order valence-electron chi connectivity index (χ0n) is 44.8. The van der Waals surface area contributed by atoms with Crippen LogP contribution in [0.1, 0.15) is 284 Å². The number of ether oxygens (including phenoxy) is 3. The molecule has 1 fully saturated rings. The average molecular weight is 983 g/mol. The Morgan fingerprint density at radius 2 is 0.913 bits per heavy atom. The molecular formula is C58H111NO10. The number of amides is 1. The standard InChI is InChI=1S/C58H111NO10/c1-3-5-7-9-11-13-14-15-19-23-26-30-34-38-42-46-54(63)67-47-43-39-35-31-27-24-21-18-16-17-20-22-25-29-33-37-41-45-53(62)59-50(51(61)44-40-36-32-28-12-10-8-6-4-2)49-68-58-57(66)56(65)55(64)52(48-60)69-58/h40,44,50-52,55-58,60-61,64-66H,3-39,41-43,45-49H2,1-2H3,(H,59,62)/b44-40+. The third kappa shape index (κ3) is 38.7. The van der Waals surface area contributed by atoms with Crippen LogP contribution in [0.25, 0.3) is 0 Å². The lowest BCUT2D eigenvalue weighted by Gasteiger charge is -2.40. The molecule has 0 aromatic carbocycles. The van der Waals surface area contributed by atoms with E-state index in [0.29, 0.717) is 19.4 Å². The van der Waals surface area contributed by atoms with Gasteiger partial charge in [-0.25, -0.2) is 0 Å². The quantitative estimate of drug-likeness (QED) is 0.0195. The molecule has 0 aromatic rings. The lowest BCUT2D eigenvalue weighted by atomic mass is 9.99. The first kappa shape index (κ1) is 65.4. The maximum atomic E-state index is 13.0. The smallest absolute Gasteiger partial charge is 0.305 e. The molecule has 0 radical (unpaired) electrons. The van der Waals surface area contributed by atoms with E-state index in [9.17, 15) is 35.1 Å². The second kappa shape index (κ2) is 48.7. The Hall–Kier alpha value is -1.60. The van der Waals surface area contributed by atoms with Gasteiger partial charge in [-0.05, 0) is 32.1 Å². The fraction of sp³-hybridized carbons (Fsp3) is 0.931. The summed E-state index contributed by atoms with van der Waals surface area (Å²) in [5.41, 5.74) is 0. The zero-order valence-corrected chi connectivity index (χ0v) is 44.8. The van der Waals surface area contributed by atoms with Gasteiger partial charge in [0.25, 0.3) is 0 Å². The molecule has 1 aliphatic heterocycles. The van der Waals surface area contributed by atoms with Crippen molar-refractivity contribution in [2.24, 2.45) is 0 Å². The van der Waals surface area contributed by atoms with Gasteiger partial charge in [-0.1, -0.05) is 251 Å². The molecule has 69 heavy (non-hydrogen) atoms. The molecule has 1 rings (SSSR count). The van der Waals surface area contributed by atoms with E-state index >= 15 is 0 Å².